The summed E-state index contributed by atoms with van der Waals surface area (Å²) < 4.78 is 0. The Morgan fingerprint density at radius 2 is 0.434 bits per heavy atom. The van der Waals surface area contributed by atoms with Crippen LogP contribution in [-0.2, 0) is 21.1 Å². The van der Waals surface area contributed by atoms with Crippen molar-refractivity contribution in [1.29, 1.82) is 0 Å². The monoisotopic (exact) mass is 859 g/mol. The number of rotatable bonds is 4. The predicted octanol–water partition coefficient (Wildman–Crippen LogP) is 12.2. The van der Waals surface area contributed by atoms with E-state index in [1.807, 2.05) is 49.1 Å². The van der Waals surface area contributed by atoms with Crippen LogP contribution in [0.1, 0.15) is 0 Å². The molecule has 10 rings (SSSR count). The van der Waals surface area contributed by atoms with E-state index in [0.717, 1.165) is 43.6 Å². The second-order valence-electron chi connectivity index (χ2n) is 12.6. The van der Waals surface area contributed by atoms with Crippen molar-refractivity contribution in [3.63, 3.8) is 0 Å². The number of hydrogen-bond acceptors (Lipinski definition) is 4. The van der Waals surface area contributed by atoms with Crippen molar-refractivity contribution in [3.05, 3.63) is 195 Å². The van der Waals surface area contributed by atoms with Crippen molar-refractivity contribution in [2.24, 2.45) is 0 Å². The first-order valence-electron chi connectivity index (χ1n) is 17.4. The minimum Gasteiger partial charge on any atom is -0.254 e. The Balaban J connectivity index is 0.000000148. The zero-order valence-corrected chi connectivity index (χ0v) is 30.9. The minimum atomic E-state index is 0. The van der Waals surface area contributed by atoms with Gasteiger partial charge in [0.15, 0.2) is 0 Å². The maximum absolute atomic E-state index is 4.67. The summed E-state index contributed by atoms with van der Waals surface area (Å²) in [6.07, 6.45) is 7.50. The molecule has 252 valence electrons. The third-order valence-electron chi connectivity index (χ3n) is 9.58. The Labute approximate surface area is 322 Å². The number of hydrogen-bond donors (Lipinski definition) is 0. The molecule has 4 nitrogen and oxygen atoms in total. The molecule has 0 atom stereocenters. The maximum atomic E-state index is 4.67. The van der Waals surface area contributed by atoms with E-state index < -0.39 is 0 Å². The van der Waals surface area contributed by atoms with E-state index in [2.05, 4.69) is 166 Å². The molecule has 0 aliphatic rings. The van der Waals surface area contributed by atoms with Crippen LogP contribution in [0.3, 0.4) is 0 Å². The predicted molar refractivity (Wildman–Crippen MR) is 216 cm³/mol. The molecule has 0 spiro atoms. The van der Waals surface area contributed by atoms with E-state index in [9.17, 15) is 0 Å². The van der Waals surface area contributed by atoms with Crippen LogP contribution in [0, 0.1) is 0 Å². The van der Waals surface area contributed by atoms with Gasteiger partial charge >= 0.3 is 21.1 Å². The average molecular weight is 860 g/mol. The fourth-order valence-electron chi connectivity index (χ4n) is 7.13. The first-order valence-corrected chi connectivity index (χ1v) is 17.4. The number of benzene rings is 6. The van der Waals surface area contributed by atoms with Crippen molar-refractivity contribution >= 4 is 43.6 Å². The third kappa shape index (κ3) is 6.50. The Morgan fingerprint density at radius 3 is 0.642 bits per heavy atom. The van der Waals surface area contributed by atoms with Crippen LogP contribution >= 0.6 is 0 Å². The molecule has 0 aliphatic carbocycles. The second-order valence-corrected chi connectivity index (χ2v) is 12.6. The van der Waals surface area contributed by atoms with E-state index in [4.69, 9.17) is 0 Å². The van der Waals surface area contributed by atoms with E-state index in [-0.39, 0.29) is 21.1 Å². The number of aromatic nitrogens is 4. The smallest absolute Gasteiger partial charge is 0.254 e. The molecule has 0 bridgehead atoms. The van der Waals surface area contributed by atoms with Crippen LogP contribution in [0.4, 0.5) is 0 Å². The van der Waals surface area contributed by atoms with Gasteiger partial charge in [0, 0.05) is 46.3 Å². The molecular weight excluding hydrogens is 828 g/mol. The Morgan fingerprint density at radius 1 is 0.226 bits per heavy atom. The summed E-state index contributed by atoms with van der Waals surface area (Å²) in [5.74, 6) is 0. The topological polar surface area (TPSA) is 51.6 Å². The molecule has 4 aromatic heterocycles. The minimum absolute atomic E-state index is 0. The van der Waals surface area contributed by atoms with Gasteiger partial charge in [-0.3, -0.25) is 19.9 Å². The summed E-state index contributed by atoms with van der Waals surface area (Å²) in [5.41, 5.74) is 13.3. The molecule has 0 N–H and O–H groups in total. The summed E-state index contributed by atoms with van der Waals surface area (Å²) in [5, 5.41) is 4.51. The number of nitrogens with zero attached hydrogens (tertiary/aromatic N) is 4. The molecule has 0 amide bonds. The molecule has 0 saturated heterocycles. The van der Waals surface area contributed by atoms with Crippen LogP contribution in [-0.4, -0.2) is 19.9 Å². The van der Waals surface area contributed by atoms with Gasteiger partial charge in [-0.25, -0.2) is 0 Å². The fraction of sp³-hybridized carbons (Fsp3) is 0. The van der Waals surface area contributed by atoms with Crippen molar-refractivity contribution in [2.45, 2.75) is 0 Å². The average Bonchev–Trinajstić information content (AvgIpc) is 3.24. The molecule has 0 radical (unpaired) electrons. The van der Waals surface area contributed by atoms with Gasteiger partial charge in [-0.15, -0.1) is 0 Å². The van der Waals surface area contributed by atoms with E-state index in [1.165, 1.54) is 44.5 Å². The zero-order chi connectivity index (χ0) is 34.7. The SMILES string of the molecule is [Pt+2].c1ccc(-c2ccnc3c2ccc2c(-c4ccccc4)ccnc23)cc1.c1ccc(-c2ccnc3c2ccc2c(-c4ccccc4)ccnc23)cc1. The first kappa shape index (κ1) is 33.8. The van der Waals surface area contributed by atoms with E-state index >= 15 is 0 Å². The van der Waals surface area contributed by atoms with Gasteiger partial charge in [-0.05, 0) is 68.8 Å². The molecule has 0 aliphatic heterocycles. The molecule has 4 heterocycles. The van der Waals surface area contributed by atoms with Crippen LogP contribution < -0.4 is 0 Å². The molecule has 6 aromatic carbocycles. The summed E-state index contributed by atoms with van der Waals surface area (Å²) in [7, 11) is 0. The van der Waals surface area contributed by atoms with Gasteiger partial charge in [-0.2, -0.15) is 0 Å². The van der Waals surface area contributed by atoms with Crippen LogP contribution in [0.2, 0.25) is 0 Å². The Bertz CT molecular complexity index is 2430. The quantitative estimate of drug-likeness (QED) is 0.165. The van der Waals surface area contributed by atoms with Crippen LogP contribution in [0.5, 0.6) is 0 Å². The van der Waals surface area contributed by atoms with Gasteiger partial charge in [0.25, 0.3) is 0 Å². The standard InChI is InChI=1S/2C24H16N2.Pt/c2*1-3-7-17(8-4-1)19-13-15-25-23-21(19)11-12-22-20(14-16-26-24(22)23)18-9-5-2-6-10-18;/h2*1-16H;/q;;+2. The van der Waals surface area contributed by atoms with Gasteiger partial charge < -0.3 is 0 Å². The van der Waals surface area contributed by atoms with E-state index in [1.54, 1.807) is 0 Å². The van der Waals surface area contributed by atoms with Gasteiger partial charge in [0.05, 0.1) is 22.1 Å². The Hall–Kier alpha value is -6.35. The number of pyridine rings is 4. The maximum Gasteiger partial charge on any atom is 2.00 e. The fourth-order valence-corrected chi connectivity index (χ4v) is 7.13. The van der Waals surface area contributed by atoms with E-state index in [0.29, 0.717) is 0 Å². The summed E-state index contributed by atoms with van der Waals surface area (Å²) >= 11 is 0. The molecule has 0 saturated carbocycles. The zero-order valence-electron chi connectivity index (χ0n) is 28.6. The summed E-state index contributed by atoms with van der Waals surface area (Å²) in [6, 6.07) is 58.7. The largest absolute Gasteiger partial charge is 2.00 e. The van der Waals surface area contributed by atoms with Crippen molar-refractivity contribution in [1.82, 2.24) is 19.9 Å². The molecule has 5 heteroatoms. The van der Waals surface area contributed by atoms with Gasteiger partial charge in [-0.1, -0.05) is 146 Å². The van der Waals surface area contributed by atoms with Crippen LogP contribution in [0.15, 0.2) is 195 Å². The molecular formula is C48H32N4Pt+2. The first-order chi connectivity index (χ1) is 25.8. The molecule has 53 heavy (non-hydrogen) atoms. The second kappa shape index (κ2) is 15.1. The van der Waals surface area contributed by atoms with Gasteiger partial charge in [0.2, 0.25) is 0 Å². The Kier molecular flexibility index (Phi) is 9.62. The van der Waals surface area contributed by atoms with Crippen molar-refractivity contribution in [3.8, 4) is 44.5 Å². The number of fused-ring (bicyclic) bond motifs is 6. The van der Waals surface area contributed by atoms with Crippen molar-refractivity contribution in [2.75, 3.05) is 0 Å². The van der Waals surface area contributed by atoms with Crippen LogP contribution in [0.25, 0.3) is 88.1 Å². The van der Waals surface area contributed by atoms with Gasteiger partial charge in [0.1, 0.15) is 0 Å². The molecule has 0 fully saturated rings. The third-order valence-corrected chi connectivity index (χ3v) is 9.58. The summed E-state index contributed by atoms with van der Waals surface area (Å²) in [6.45, 7) is 0. The van der Waals surface area contributed by atoms with Crippen molar-refractivity contribution < 1.29 is 21.1 Å². The molecule has 0 unspecified atom stereocenters. The molecule has 10 aromatic rings. The summed E-state index contributed by atoms with van der Waals surface area (Å²) in [4.78, 5) is 18.7. The normalized spacial score (nSPS) is 10.9.